The van der Waals surface area contributed by atoms with Crippen LogP contribution in [0.3, 0.4) is 0 Å². The molecule has 0 aliphatic heterocycles. The second-order valence-corrected chi connectivity index (χ2v) is 3.68. The fraction of sp³-hybridized carbons (Fsp3) is 0. The van der Waals surface area contributed by atoms with E-state index in [0.717, 1.165) is 0 Å². The lowest BCUT2D eigenvalue weighted by Crippen LogP contribution is -1.99. The molecular weight excluding hydrogens is 237 g/mol. The summed E-state index contributed by atoms with van der Waals surface area (Å²) in [6.45, 7) is 0. The molecule has 5 nitrogen and oxygen atoms in total. The minimum atomic E-state index is -0.458. The van der Waals surface area contributed by atoms with Gasteiger partial charge in [0.2, 0.25) is 0 Å². The van der Waals surface area contributed by atoms with Gasteiger partial charge in [-0.05, 0) is 12.1 Å². The third kappa shape index (κ3) is 1.84. The van der Waals surface area contributed by atoms with E-state index in [2.05, 4.69) is 15.0 Å². The van der Waals surface area contributed by atoms with Crippen LogP contribution in [0.2, 0.25) is 0 Å². The van der Waals surface area contributed by atoms with Crippen LogP contribution in [0.1, 0.15) is 0 Å². The highest BCUT2D eigenvalue weighted by atomic mass is 19.1. The second-order valence-electron chi connectivity index (χ2n) is 3.68. The van der Waals surface area contributed by atoms with Gasteiger partial charge in [0.15, 0.2) is 17.2 Å². The lowest BCUT2D eigenvalue weighted by Gasteiger charge is -2.05. The molecular formula is C12H8FN3O2. The first-order chi connectivity index (χ1) is 8.72. The van der Waals surface area contributed by atoms with E-state index in [9.17, 15) is 9.18 Å². The van der Waals surface area contributed by atoms with E-state index >= 15 is 0 Å². The summed E-state index contributed by atoms with van der Waals surface area (Å²) in [6.07, 6.45) is 1.42. The molecule has 18 heavy (non-hydrogen) atoms. The van der Waals surface area contributed by atoms with Crippen LogP contribution in [0.15, 0.2) is 41.3 Å². The van der Waals surface area contributed by atoms with Crippen molar-refractivity contribution in [3.05, 3.63) is 52.8 Å². The number of fused-ring (bicyclic) bond motifs is 1. The molecule has 0 aliphatic carbocycles. The number of benzene rings is 1. The van der Waals surface area contributed by atoms with Crippen LogP contribution in [0, 0.1) is 5.82 Å². The van der Waals surface area contributed by atoms with Gasteiger partial charge < -0.3 is 9.72 Å². The van der Waals surface area contributed by atoms with Gasteiger partial charge >= 0.3 is 5.69 Å². The predicted molar refractivity (Wildman–Crippen MR) is 63.2 cm³/mol. The number of nitrogens with zero attached hydrogens (tertiary/aromatic N) is 1. The normalized spacial score (nSPS) is 10.7. The Labute approximate surface area is 100 Å². The molecule has 3 rings (SSSR count). The molecule has 6 heteroatoms. The zero-order valence-corrected chi connectivity index (χ0v) is 9.11. The average molecular weight is 245 g/mol. The lowest BCUT2D eigenvalue weighted by atomic mass is 10.3. The van der Waals surface area contributed by atoms with Crippen LogP contribution < -0.4 is 10.4 Å². The second kappa shape index (κ2) is 3.99. The van der Waals surface area contributed by atoms with Gasteiger partial charge in [-0.1, -0.05) is 12.1 Å². The molecule has 0 aliphatic rings. The van der Waals surface area contributed by atoms with E-state index in [1.165, 1.54) is 18.3 Å². The SMILES string of the molecule is O=c1[nH]c2cc(Oc3ccccc3F)cnc2[nH]1. The van der Waals surface area contributed by atoms with Crippen LogP contribution in [-0.2, 0) is 0 Å². The molecule has 0 amide bonds. The molecule has 0 saturated heterocycles. The number of rotatable bonds is 2. The number of imidazole rings is 1. The van der Waals surface area contributed by atoms with Gasteiger partial charge in [0.05, 0.1) is 11.7 Å². The van der Waals surface area contributed by atoms with Crippen molar-refractivity contribution in [3.8, 4) is 11.5 Å². The summed E-state index contributed by atoms with van der Waals surface area (Å²) in [6, 6.07) is 7.64. The molecule has 2 N–H and O–H groups in total. The van der Waals surface area contributed by atoms with Crippen molar-refractivity contribution < 1.29 is 9.13 Å². The Morgan fingerprint density at radius 3 is 2.89 bits per heavy atom. The van der Waals surface area contributed by atoms with E-state index in [-0.39, 0.29) is 11.4 Å². The Kier molecular flexibility index (Phi) is 2.33. The largest absolute Gasteiger partial charge is 0.453 e. The monoisotopic (exact) mass is 245 g/mol. The Bertz CT molecular complexity index is 763. The highest BCUT2D eigenvalue weighted by Gasteiger charge is 2.06. The van der Waals surface area contributed by atoms with Crippen molar-refractivity contribution in [2.75, 3.05) is 0 Å². The first-order valence-electron chi connectivity index (χ1n) is 5.23. The number of aromatic amines is 2. The molecule has 2 aromatic heterocycles. The van der Waals surface area contributed by atoms with Crippen LogP contribution in [0.4, 0.5) is 4.39 Å². The highest BCUT2D eigenvalue weighted by molar-refractivity contribution is 5.71. The van der Waals surface area contributed by atoms with Gasteiger partial charge in [0, 0.05) is 6.07 Å². The number of pyridine rings is 1. The number of hydrogen-bond acceptors (Lipinski definition) is 3. The third-order valence-corrected chi connectivity index (χ3v) is 2.41. The first kappa shape index (κ1) is 10.5. The van der Waals surface area contributed by atoms with Crippen LogP contribution in [0.5, 0.6) is 11.5 Å². The van der Waals surface area contributed by atoms with Gasteiger partial charge in [-0.3, -0.25) is 4.98 Å². The summed E-state index contributed by atoms with van der Waals surface area (Å²) in [5.41, 5.74) is 0.593. The summed E-state index contributed by atoms with van der Waals surface area (Å²) in [5.74, 6) is -0.000424. The van der Waals surface area contributed by atoms with Gasteiger partial charge in [0.1, 0.15) is 5.75 Å². The summed E-state index contributed by atoms with van der Waals surface area (Å²) in [5, 5.41) is 0. The molecule has 0 saturated carbocycles. The molecule has 0 fully saturated rings. The molecule has 0 radical (unpaired) electrons. The zero-order chi connectivity index (χ0) is 12.5. The van der Waals surface area contributed by atoms with Crippen molar-refractivity contribution in [2.45, 2.75) is 0 Å². The van der Waals surface area contributed by atoms with Gasteiger partial charge in [0.25, 0.3) is 0 Å². The predicted octanol–water partition coefficient (Wildman–Crippen LogP) is 2.18. The quantitative estimate of drug-likeness (QED) is 0.727. The average Bonchev–Trinajstić information content (AvgIpc) is 2.71. The molecule has 0 spiro atoms. The molecule has 90 valence electrons. The Morgan fingerprint density at radius 1 is 1.22 bits per heavy atom. The van der Waals surface area contributed by atoms with Crippen LogP contribution >= 0.6 is 0 Å². The highest BCUT2D eigenvalue weighted by Crippen LogP contribution is 2.24. The summed E-state index contributed by atoms with van der Waals surface area (Å²) >= 11 is 0. The molecule has 0 unspecified atom stereocenters. The van der Waals surface area contributed by atoms with Crippen molar-refractivity contribution in [1.29, 1.82) is 0 Å². The molecule has 0 bridgehead atoms. The van der Waals surface area contributed by atoms with E-state index in [0.29, 0.717) is 16.9 Å². The van der Waals surface area contributed by atoms with Crippen molar-refractivity contribution in [2.24, 2.45) is 0 Å². The van der Waals surface area contributed by atoms with Crippen LogP contribution in [-0.4, -0.2) is 15.0 Å². The van der Waals surface area contributed by atoms with Gasteiger partial charge in [-0.25, -0.2) is 14.2 Å². The van der Waals surface area contributed by atoms with Crippen molar-refractivity contribution in [1.82, 2.24) is 15.0 Å². The standard InChI is InChI=1S/C12H8FN3O2/c13-8-3-1-2-4-10(8)18-7-5-9-11(14-6-7)16-12(17)15-9/h1-6H,(H2,14,15,16,17). The van der Waals surface area contributed by atoms with Gasteiger partial charge in [-0.2, -0.15) is 0 Å². The summed E-state index contributed by atoms with van der Waals surface area (Å²) in [4.78, 5) is 20.1. The number of aromatic nitrogens is 3. The topological polar surface area (TPSA) is 70.8 Å². The summed E-state index contributed by atoms with van der Waals surface area (Å²) in [7, 11) is 0. The number of para-hydroxylation sites is 1. The van der Waals surface area contributed by atoms with E-state index < -0.39 is 5.82 Å². The molecule has 2 heterocycles. The first-order valence-corrected chi connectivity index (χ1v) is 5.23. The van der Waals surface area contributed by atoms with Crippen molar-refractivity contribution in [3.63, 3.8) is 0 Å². The fourth-order valence-electron chi connectivity index (χ4n) is 1.61. The maximum absolute atomic E-state index is 13.4. The number of ether oxygens (including phenoxy) is 1. The maximum atomic E-state index is 13.4. The van der Waals surface area contributed by atoms with Gasteiger partial charge in [-0.15, -0.1) is 0 Å². The molecule has 0 atom stereocenters. The maximum Gasteiger partial charge on any atom is 0.325 e. The smallest absolute Gasteiger partial charge is 0.325 e. The number of H-pyrrole nitrogens is 2. The summed E-state index contributed by atoms with van der Waals surface area (Å²) < 4.78 is 18.7. The number of halogens is 1. The van der Waals surface area contributed by atoms with E-state index in [1.54, 1.807) is 18.2 Å². The third-order valence-electron chi connectivity index (χ3n) is 2.41. The number of nitrogens with one attached hydrogen (secondary N) is 2. The van der Waals surface area contributed by atoms with E-state index in [4.69, 9.17) is 4.74 Å². The van der Waals surface area contributed by atoms with E-state index in [1.807, 2.05) is 0 Å². The fourth-order valence-corrected chi connectivity index (χ4v) is 1.61. The zero-order valence-electron chi connectivity index (χ0n) is 9.11. The van der Waals surface area contributed by atoms with Crippen molar-refractivity contribution >= 4 is 11.2 Å². The molecule has 3 aromatic rings. The Morgan fingerprint density at radius 2 is 2.06 bits per heavy atom. The molecule has 1 aromatic carbocycles. The number of hydrogen-bond donors (Lipinski definition) is 2. The minimum Gasteiger partial charge on any atom is -0.453 e. The Hall–Kier alpha value is -2.63. The Balaban J connectivity index is 2.00. The minimum absolute atomic E-state index is 0.108. The lowest BCUT2D eigenvalue weighted by molar-refractivity contribution is 0.441. The van der Waals surface area contributed by atoms with Crippen LogP contribution in [0.25, 0.3) is 11.2 Å².